The van der Waals surface area contributed by atoms with Crippen molar-refractivity contribution in [3.05, 3.63) is 41.8 Å². The number of rotatable bonds is 4. The van der Waals surface area contributed by atoms with E-state index in [1.165, 1.54) is 25.1 Å². The highest BCUT2D eigenvalue weighted by molar-refractivity contribution is 7.92. The number of nitrogens with zero attached hydrogens (tertiary/aromatic N) is 2. The Balaban J connectivity index is 1.87. The van der Waals surface area contributed by atoms with Crippen LogP contribution in [0.5, 0.6) is 0 Å². The van der Waals surface area contributed by atoms with Crippen LogP contribution in [0.1, 0.15) is 24.2 Å². The summed E-state index contributed by atoms with van der Waals surface area (Å²) in [5.74, 6) is -1.43. The summed E-state index contributed by atoms with van der Waals surface area (Å²) in [6.45, 7) is 0.967. The molecule has 0 saturated carbocycles. The molecule has 1 saturated heterocycles. The summed E-state index contributed by atoms with van der Waals surface area (Å²) in [6.07, 6.45) is 1.07. The zero-order chi connectivity index (χ0) is 20.5. The van der Waals surface area contributed by atoms with E-state index >= 15 is 0 Å². The third-order valence-corrected chi connectivity index (χ3v) is 9.67. The number of benzene rings is 1. The standard InChI is InChI=1S/C16H18FN3O5S3/c1-11(21)19-16-18-10-15(26-16)28(24,25)20-7-6-14(27(22,23)9-8-20)12-4-2-3-5-13(12)17/h2-5,10,14H,6-9H2,1H3,(H,18,19,21). The average Bonchev–Trinajstić information content (AvgIpc) is 3.00. The molecule has 1 aromatic heterocycles. The maximum absolute atomic E-state index is 14.1. The molecule has 1 amide bonds. The molecule has 1 aliphatic rings. The second-order valence-electron chi connectivity index (χ2n) is 6.24. The van der Waals surface area contributed by atoms with E-state index < -0.39 is 36.7 Å². The summed E-state index contributed by atoms with van der Waals surface area (Å²) in [6, 6.07) is 5.61. The van der Waals surface area contributed by atoms with Crippen LogP contribution in [-0.2, 0) is 24.7 Å². The molecule has 1 N–H and O–H groups in total. The van der Waals surface area contributed by atoms with Crippen molar-refractivity contribution < 1.29 is 26.0 Å². The first-order chi connectivity index (χ1) is 13.1. The summed E-state index contributed by atoms with van der Waals surface area (Å²) in [7, 11) is -7.72. The molecule has 1 atom stereocenters. The third kappa shape index (κ3) is 4.24. The Morgan fingerprint density at radius 1 is 1.32 bits per heavy atom. The molecule has 0 aliphatic carbocycles. The number of carbonyl (C=O) groups excluding carboxylic acids is 1. The molecule has 0 spiro atoms. The van der Waals surface area contributed by atoms with Crippen molar-refractivity contribution in [2.24, 2.45) is 0 Å². The molecule has 0 bridgehead atoms. The quantitative estimate of drug-likeness (QED) is 0.764. The third-order valence-electron chi connectivity index (χ3n) is 4.31. The Labute approximate surface area is 166 Å². The van der Waals surface area contributed by atoms with Gasteiger partial charge < -0.3 is 5.32 Å². The summed E-state index contributed by atoms with van der Waals surface area (Å²) < 4.78 is 66.1. The summed E-state index contributed by atoms with van der Waals surface area (Å²) in [5.41, 5.74) is 0.0486. The SMILES string of the molecule is CC(=O)Nc1ncc(S(=O)(=O)N2CCC(c3ccccc3F)S(=O)(=O)CC2)s1. The number of anilines is 1. The molecule has 2 heterocycles. The molecule has 0 radical (unpaired) electrons. The Morgan fingerprint density at radius 3 is 2.71 bits per heavy atom. The number of hydrogen-bond acceptors (Lipinski definition) is 7. The lowest BCUT2D eigenvalue weighted by Gasteiger charge is -2.18. The van der Waals surface area contributed by atoms with Crippen LogP contribution in [0.15, 0.2) is 34.7 Å². The molecule has 1 aliphatic heterocycles. The van der Waals surface area contributed by atoms with Gasteiger partial charge in [-0.2, -0.15) is 4.31 Å². The van der Waals surface area contributed by atoms with Gasteiger partial charge in [0, 0.05) is 25.6 Å². The lowest BCUT2D eigenvalue weighted by molar-refractivity contribution is -0.114. The minimum atomic E-state index is -3.99. The predicted molar refractivity (Wildman–Crippen MR) is 103 cm³/mol. The van der Waals surface area contributed by atoms with Gasteiger partial charge in [-0.3, -0.25) is 4.79 Å². The monoisotopic (exact) mass is 447 g/mol. The fraction of sp³-hybridized carbons (Fsp3) is 0.375. The van der Waals surface area contributed by atoms with E-state index in [-0.39, 0.29) is 40.3 Å². The van der Waals surface area contributed by atoms with Gasteiger partial charge in [0.2, 0.25) is 5.91 Å². The predicted octanol–water partition coefficient (Wildman–Crippen LogP) is 1.79. The normalized spacial score (nSPS) is 20.4. The Morgan fingerprint density at radius 2 is 2.04 bits per heavy atom. The first-order valence-electron chi connectivity index (χ1n) is 8.31. The average molecular weight is 448 g/mol. The number of sulfonamides is 1. The van der Waals surface area contributed by atoms with Gasteiger partial charge in [-0.25, -0.2) is 26.2 Å². The molecular formula is C16H18FN3O5S3. The number of sulfone groups is 1. The number of carbonyl (C=O) groups is 1. The lowest BCUT2D eigenvalue weighted by Crippen LogP contribution is -2.33. The van der Waals surface area contributed by atoms with Crippen molar-refractivity contribution in [1.82, 2.24) is 9.29 Å². The minimum Gasteiger partial charge on any atom is -0.302 e. The molecule has 1 aromatic carbocycles. The van der Waals surface area contributed by atoms with Crippen molar-refractivity contribution in [3.63, 3.8) is 0 Å². The van der Waals surface area contributed by atoms with Crippen LogP contribution in [0, 0.1) is 5.82 Å². The Hall–Kier alpha value is -1.89. The van der Waals surface area contributed by atoms with Crippen LogP contribution in [-0.4, -0.2) is 50.9 Å². The van der Waals surface area contributed by atoms with Gasteiger partial charge >= 0.3 is 0 Å². The molecule has 1 fully saturated rings. The molecular weight excluding hydrogens is 429 g/mol. The molecule has 28 heavy (non-hydrogen) atoms. The second-order valence-corrected chi connectivity index (χ2v) is 11.7. The van der Waals surface area contributed by atoms with Crippen LogP contribution < -0.4 is 5.32 Å². The minimum absolute atomic E-state index is 0.0486. The molecule has 3 rings (SSSR count). The first kappa shape index (κ1) is 20.8. The number of nitrogens with one attached hydrogen (secondary N) is 1. The van der Waals surface area contributed by atoms with Crippen LogP contribution in [0.25, 0.3) is 0 Å². The number of halogens is 1. The van der Waals surface area contributed by atoms with E-state index in [4.69, 9.17) is 0 Å². The van der Waals surface area contributed by atoms with Crippen molar-refractivity contribution in [2.75, 3.05) is 24.2 Å². The summed E-state index contributed by atoms with van der Waals surface area (Å²) in [5, 5.41) is 1.44. The molecule has 12 heteroatoms. The van der Waals surface area contributed by atoms with Gasteiger partial charge in [0.25, 0.3) is 10.0 Å². The first-order valence-corrected chi connectivity index (χ1v) is 12.3. The zero-order valence-electron chi connectivity index (χ0n) is 14.8. The highest BCUT2D eigenvalue weighted by Gasteiger charge is 2.37. The van der Waals surface area contributed by atoms with Crippen molar-refractivity contribution in [3.8, 4) is 0 Å². The Bertz CT molecular complexity index is 1100. The van der Waals surface area contributed by atoms with Crippen molar-refractivity contribution in [1.29, 1.82) is 0 Å². The van der Waals surface area contributed by atoms with E-state index in [2.05, 4.69) is 10.3 Å². The number of hydrogen-bond donors (Lipinski definition) is 1. The second kappa shape index (κ2) is 7.85. The van der Waals surface area contributed by atoms with Gasteiger partial charge in [0.15, 0.2) is 19.2 Å². The van der Waals surface area contributed by atoms with Crippen molar-refractivity contribution >= 4 is 42.2 Å². The van der Waals surface area contributed by atoms with Crippen molar-refractivity contribution in [2.45, 2.75) is 22.8 Å². The fourth-order valence-corrected chi connectivity index (χ4v) is 7.57. The zero-order valence-corrected chi connectivity index (χ0v) is 17.3. The molecule has 1 unspecified atom stereocenters. The van der Waals surface area contributed by atoms with Gasteiger partial charge in [0.1, 0.15) is 5.82 Å². The van der Waals surface area contributed by atoms with E-state index in [1.807, 2.05) is 0 Å². The number of amides is 1. The Kier molecular flexibility index (Phi) is 5.84. The van der Waals surface area contributed by atoms with Gasteiger partial charge in [-0.05, 0) is 12.5 Å². The van der Waals surface area contributed by atoms with Crippen LogP contribution in [0.3, 0.4) is 0 Å². The lowest BCUT2D eigenvalue weighted by atomic mass is 10.1. The maximum atomic E-state index is 14.1. The van der Waals surface area contributed by atoms with Gasteiger partial charge in [-0.1, -0.05) is 29.5 Å². The topological polar surface area (TPSA) is 114 Å². The molecule has 8 nitrogen and oxygen atoms in total. The number of aromatic nitrogens is 1. The van der Waals surface area contributed by atoms with Gasteiger partial charge in [0.05, 0.1) is 17.2 Å². The highest BCUT2D eigenvalue weighted by atomic mass is 32.2. The van der Waals surface area contributed by atoms with E-state index in [0.717, 1.165) is 21.8 Å². The summed E-state index contributed by atoms with van der Waals surface area (Å²) in [4.78, 5) is 14.9. The smallest absolute Gasteiger partial charge is 0.254 e. The van der Waals surface area contributed by atoms with Crippen LogP contribution >= 0.6 is 11.3 Å². The van der Waals surface area contributed by atoms with Gasteiger partial charge in [-0.15, -0.1) is 0 Å². The summed E-state index contributed by atoms with van der Waals surface area (Å²) >= 11 is 0.786. The highest BCUT2D eigenvalue weighted by Crippen LogP contribution is 2.33. The fourth-order valence-electron chi connectivity index (χ4n) is 2.96. The molecule has 2 aromatic rings. The van der Waals surface area contributed by atoms with Crippen LogP contribution in [0.2, 0.25) is 0 Å². The van der Waals surface area contributed by atoms with Crippen LogP contribution in [0.4, 0.5) is 9.52 Å². The van der Waals surface area contributed by atoms with E-state index in [0.29, 0.717) is 0 Å². The van der Waals surface area contributed by atoms with E-state index in [9.17, 15) is 26.0 Å². The molecule has 152 valence electrons. The maximum Gasteiger partial charge on any atom is 0.254 e. The largest absolute Gasteiger partial charge is 0.302 e. The number of thiazole rings is 1. The van der Waals surface area contributed by atoms with E-state index in [1.54, 1.807) is 6.07 Å².